The summed E-state index contributed by atoms with van der Waals surface area (Å²) in [5.41, 5.74) is 33.9. The highest BCUT2D eigenvalue weighted by atomic mass is 16.3. The van der Waals surface area contributed by atoms with Crippen LogP contribution in [0.5, 0.6) is 0 Å². The zero-order valence-corrected chi connectivity index (χ0v) is 67.7. The van der Waals surface area contributed by atoms with Gasteiger partial charge in [-0.05, 0) is 237 Å². The van der Waals surface area contributed by atoms with E-state index in [4.69, 9.17) is 27.1 Å². The van der Waals surface area contributed by atoms with E-state index in [2.05, 4.69) is 392 Å². The lowest BCUT2D eigenvalue weighted by atomic mass is 10.0. The van der Waals surface area contributed by atoms with Crippen LogP contribution in [0.1, 0.15) is 22.3 Å². The van der Waals surface area contributed by atoms with Crippen LogP contribution in [0.25, 0.3) is 232 Å². The van der Waals surface area contributed by atoms with Crippen LogP contribution in [-0.4, -0.2) is 23.1 Å². The van der Waals surface area contributed by atoms with Crippen molar-refractivity contribution in [3.8, 4) is 50.4 Å². The fourth-order valence-electron chi connectivity index (χ4n) is 18.8. The minimum atomic E-state index is 0.883. The molecule has 0 spiro atoms. The number of furan rings is 5. The van der Waals surface area contributed by atoms with E-state index in [9.17, 15) is 0 Å². The first-order chi connectivity index (χ1) is 60.6. The topological polar surface area (TPSA) is 97.8 Å². The first-order valence-corrected chi connectivity index (χ1v) is 41.8. The quantitative estimate of drug-likeness (QED) is 0.164. The highest BCUT2D eigenvalue weighted by Crippen LogP contribution is 2.44. The summed E-state index contributed by atoms with van der Waals surface area (Å²) in [6.45, 7) is 8.49. The van der Waals surface area contributed by atoms with Gasteiger partial charge in [-0.25, -0.2) is 4.98 Å². The lowest BCUT2D eigenvalue weighted by Gasteiger charge is -2.10. The van der Waals surface area contributed by atoms with Gasteiger partial charge in [0, 0.05) is 86.8 Å². The zero-order chi connectivity index (χ0) is 81.7. The van der Waals surface area contributed by atoms with Gasteiger partial charge < -0.3 is 31.2 Å². The van der Waals surface area contributed by atoms with Crippen LogP contribution in [0.3, 0.4) is 0 Å². The molecule has 0 aliphatic carbocycles. The van der Waals surface area contributed by atoms with E-state index < -0.39 is 0 Å². The van der Waals surface area contributed by atoms with Gasteiger partial charge in [-0.3, -0.25) is 8.97 Å². The molecule has 0 aliphatic heterocycles. The molecule has 27 aromatic rings. The number of nitrogens with zero attached hydrogens (tertiary/aromatic N) is 5. The van der Waals surface area contributed by atoms with E-state index in [1.54, 1.807) is 0 Å². The summed E-state index contributed by atoms with van der Waals surface area (Å²) in [5.74, 6) is 0.890. The third-order valence-electron chi connectivity index (χ3n) is 24.6. The second kappa shape index (κ2) is 28.3. The number of hydrogen-bond donors (Lipinski definition) is 0. The molecule has 0 unspecified atom stereocenters. The van der Waals surface area contributed by atoms with Crippen molar-refractivity contribution in [2.24, 2.45) is 0 Å². The number of aryl methyl sites for hydroxylation is 4. The summed E-state index contributed by atoms with van der Waals surface area (Å²) in [7, 11) is 0. The number of hydrogen-bond acceptors (Lipinski definition) is 6. The Morgan fingerprint density at radius 2 is 0.545 bits per heavy atom. The maximum atomic E-state index is 6.38. The highest BCUT2D eigenvalue weighted by molar-refractivity contribution is 6.15. The molecule has 10 heteroatoms. The van der Waals surface area contributed by atoms with Gasteiger partial charge in [0.15, 0.2) is 5.58 Å². The smallest absolute Gasteiger partial charge is 0.220 e. The molecule has 9 heterocycles. The van der Waals surface area contributed by atoms with Crippen LogP contribution < -0.4 is 0 Å². The molecule has 9 aromatic heterocycles. The van der Waals surface area contributed by atoms with Gasteiger partial charge in [0.05, 0.1) is 49.8 Å². The molecule has 0 N–H and O–H groups in total. The summed E-state index contributed by atoms with van der Waals surface area (Å²) in [5, 5.41) is 16.6. The van der Waals surface area contributed by atoms with Crippen molar-refractivity contribution in [1.82, 2.24) is 23.1 Å². The van der Waals surface area contributed by atoms with E-state index in [0.29, 0.717) is 0 Å². The second-order valence-corrected chi connectivity index (χ2v) is 32.4. The Morgan fingerprint density at radius 1 is 0.195 bits per heavy atom. The summed E-state index contributed by atoms with van der Waals surface area (Å²) in [6, 6.07) is 135. The van der Waals surface area contributed by atoms with Crippen LogP contribution in [0.2, 0.25) is 0 Å². The molecule has 0 radical (unpaired) electrons. The maximum absolute atomic E-state index is 6.38. The summed E-state index contributed by atoms with van der Waals surface area (Å²) in [6.07, 6.45) is 0. The Kier molecular flexibility index (Phi) is 16.3. The largest absolute Gasteiger partial charge is 0.456 e. The predicted octanol–water partition coefficient (Wildman–Crippen LogP) is 31.4. The monoisotopic (exact) mass is 1580 g/mol. The third kappa shape index (κ3) is 11.8. The molecule has 0 aliphatic rings. The van der Waals surface area contributed by atoms with Gasteiger partial charge in [-0.1, -0.05) is 229 Å². The van der Waals surface area contributed by atoms with Crippen molar-refractivity contribution >= 4 is 181 Å². The van der Waals surface area contributed by atoms with Gasteiger partial charge in [0.2, 0.25) is 5.78 Å². The average Bonchev–Trinajstić information content (AvgIpc) is 1.54. The molecule has 18 aromatic carbocycles. The van der Waals surface area contributed by atoms with Crippen molar-refractivity contribution < 1.29 is 22.1 Å². The van der Waals surface area contributed by atoms with E-state index in [1.807, 2.05) is 36.4 Å². The number of rotatable bonds is 6. The molecule has 0 amide bonds. The van der Waals surface area contributed by atoms with Crippen molar-refractivity contribution in [1.29, 1.82) is 0 Å². The number of imidazole rings is 2. The Labute approximate surface area is 704 Å². The molecular formula is C113H75N5O5. The molecule has 27 rings (SSSR count). The van der Waals surface area contributed by atoms with Crippen LogP contribution in [0.15, 0.2) is 404 Å². The molecule has 123 heavy (non-hydrogen) atoms. The minimum absolute atomic E-state index is 0.883. The van der Waals surface area contributed by atoms with E-state index >= 15 is 0 Å². The SMILES string of the molecule is Cc1ccc2oc3c(-n4c5ccccc5n5c6ccccc6nc45)cccc3c2c1.Cc1ccc2oc3ccc(-c4ccc5oc6ccccc6c5c4)cc3c2c1.Cc1ccc2oc3ccc(-c4cccc(-n5c6ccccc6c6ccccc65)c4)cc3c2c1.Cc1cccc(-c2ccc3c(c2)c2ccccc2n3-c2ccc3oc4ccccc4c3c2)c1. The molecular weight excluding hydrogens is 1510 g/mol. The van der Waals surface area contributed by atoms with Crippen molar-refractivity contribution in [2.45, 2.75) is 27.7 Å². The number of benzene rings is 18. The summed E-state index contributed by atoms with van der Waals surface area (Å²) in [4.78, 5) is 4.99. The average molecular weight is 1580 g/mol. The number of aromatic nitrogens is 5. The van der Waals surface area contributed by atoms with Gasteiger partial charge >= 0.3 is 0 Å². The molecule has 0 bridgehead atoms. The van der Waals surface area contributed by atoms with E-state index in [0.717, 1.165) is 144 Å². The first-order valence-electron chi connectivity index (χ1n) is 41.8. The second-order valence-electron chi connectivity index (χ2n) is 32.4. The molecule has 10 nitrogen and oxygen atoms in total. The fourth-order valence-corrected chi connectivity index (χ4v) is 18.8. The van der Waals surface area contributed by atoms with Crippen LogP contribution in [-0.2, 0) is 0 Å². The third-order valence-corrected chi connectivity index (χ3v) is 24.6. The summed E-state index contributed by atoms with van der Waals surface area (Å²) < 4.78 is 39.6. The minimum Gasteiger partial charge on any atom is -0.456 e. The standard InChI is InChI=1S/2C31H21NO.C26H17N3O.C25H16O2/c1-20-13-15-30-26(17-20)27-19-22(14-16-31(27)33-30)21-7-6-8-23(18-21)32-28-11-4-2-9-24(28)25-10-3-5-12-29(25)32;1-20-7-6-8-21(17-20)22-13-15-29-26(18-22)24-9-2-4-11-28(24)32(29)23-14-16-31-27(19-23)25-10-3-5-12-30(25)33-31;1-16-13-14-24-18(15-16)17-7-6-12-23(25(17)30-24)29-22-11-5-4-10-21(22)28-20-9-3-2-8-19(20)27-26(28)29;1-15-6-9-23-19(12-15)21-14-17(8-11-25(21)27-23)16-7-10-24-20(13-16)18-4-2-3-5-22(18)26-24/h2*2-19H,1H3;2-15H,1H3;2-14H,1H3. The Bertz CT molecular complexity index is 8940. The maximum Gasteiger partial charge on any atom is 0.220 e. The van der Waals surface area contributed by atoms with Gasteiger partial charge in [-0.2, -0.15) is 0 Å². The molecule has 582 valence electrons. The lowest BCUT2D eigenvalue weighted by molar-refractivity contribution is 0.666. The Hall–Kier alpha value is -16.2. The predicted molar refractivity (Wildman–Crippen MR) is 509 cm³/mol. The zero-order valence-electron chi connectivity index (χ0n) is 67.7. The number of fused-ring (bicyclic) bond motifs is 26. The fraction of sp³-hybridized carbons (Fsp3) is 0.0354. The molecule has 0 saturated heterocycles. The molecule has 0 saturated carbocycles. The van der Waals surface area contributed by atoms with Gasteiger partial charge in [0.25, 0.3) is 0 Å². The molecule has 0 atom stereocenters. The van der Waals surface area contributed by atoms with Crippen molar-refractivity contribution in [3.05, 3.63) is 404 Å². The highest BCUT2D eigenvalue weighted by Gasteiger charge is 2.23. The summed E-state index contributed by atoms with van der Waals surface area (Å²) >= 11 is 0. The first kappa shape index (κ1) is 71.0. The van der Waals surface area contributed by atoms with Crippen LogP contribution in [0.4, 0.5) is 0 Å². The van der Waals surface area contributed by atoms with Crippen LogP contribution in [0, 0.1) is 27.7 Å². The van der Waals surface area contributed by atoms with Crippen LogP contribution >= 0.6 is 0 Å². The number of para-hydroxylation sites is 10. The normalized spacial score (nSPS) is 11.9. The van der Waals surface area contributed by atoms with Gasteiger partial charge in [0.1, 0.15) is 50.2 Å². The van der Waals surface area contributed by atoms with E-state index in [-0.39, 0.29) is 0 Å². The molecule has 0 fully saturated rings. The Balaban J connectivity index is 0.0000000927. The van der Waals surface area contributed by atoms with Crippen molar-refractivity contribution in [2.75, 3.05) is 0 Å². The van der Waals surface area contributed by atoms with Crippen molar-refractivity contribution in [3.63, 3.8) is 0 Å². The lowest BCUT2D eigenvalue weighted by Crippen LogP contribution is -1.95. The van der Waals surface area contributed by atoms with Gasteiger partial charge in [-0.15, -0.1) is 0 Å². The Morgan fingerprint density at radius 3 is 1.10 bits per heavy atom. The van der Waals surface area contributed by atoms with E-state index in [1.165, 1.54) is 110 Å².